The van der Waals surface area contributed by atoms with Crippen molar-refractivity contribution in [3.8, 4) is 0 Å². The molecule has 1 aromatic carbocycles. The van der Waals surface area contributed by atoms with E-state index < -0.39 is 6.10 Å². The Morgan fingerprint density at radius 1 is 1.22 bits per heavy atom. The van der Waals surface area contributed by atoms with Gasteiger partial charge in [0, 0.05) is 5.39 Å². The van der Waals surface area contributed by atoms with Crippen LogP contribution in [0.15, 0.2) is 22.6 Å². The summed E-state index contributed by atoms with van der Waals surface area (Å²) in [5, 5.41) is 10.9. The summed E-state index contributed by atoms with van der Waals surface area (Å²) in [6.07, 6.45) is 0.167. The van der Waals surface area contributed by atoms with E-state index in [4.69, 9.17) is 4.42 Å². The second-order valence-electron chi connectivity index (χ2n) is 6.03. The molecule has 0 amide bonds. The minimum Gasteiger partial charge on any atom is -0.458 e. The molecule has 0 fully saturated rings. The van der Waals surface area contributed by atoms with Crippen LogP contribution < -0.4 is 0 Å². The summed E-state index contributed by atoms with van der Waals surface area (Å²) in [4.78, 5) is 0. The third-order valence-electron chi connectivity index (χ3n) is 3.40. The molecule has 1 N–H and O–H groups in total. The fourth-order valence-corrected chi connectivity index (χ4v) is 2.15. The second-order valence-corrected chi connectivity index (χ2v) is 6.03. The van der Waals surface area contributed by atoms with Gasteiger partial charge in [0.2, 0.25) is 0 Å². The van der Waals surface area contributed by atoms with E-state index >= 15 is 0 Å². The summed E-state index contributed by atoms with van der Waals surface area (Å²) in [7, 11) is 0. The average Bonchev–Trinajstić information content (AvgIpc) is 2.71. The molecule has 2 nitrogen and oxygen atoms in total. The van der Waals surface area contributed by atoms with Crippen molar-refractivity contribution in [2.75, 3.05) is 0 Å². The maximum Gasteiger partial charge on any atom is 0.137 e. The Morgan fingerprint density at radius 2 is 1.89 bits per heavy atom. The third-order valence-corrected chi connectivity index (χ3v) is 3.40. The van der Waals surface area contributed by atoms with E-state index in [0.29, 0.717) is 12.2 Å². The van der Waals surface area contributed by atoms with Gasteiger partial charge < -0.3 is 9.52 Å². The Bertz CT molecular complexity index is 558. The minimum atomic E-state index is -0.505. The summed E-state index contributed by atoms with van der Waals surface area (Å²) in [6.45, 7) is 10.6. The van der Waals surface area contributed by atoms with Crippen LogP contribution in [0, 0.1) is 6.92 Å². The van der Waals surface area contributed by atoms with Crippen LogP contribution in [-0.4, -0.2) is 5.11 Å². The van der Waals surface area contributed by atoms with Crippen molar-refractivity contribution in [3.05, 3.63) is 35.1 Å². The van der Waals surface area contributed by atoms with Gasteiger partial charge in [0.1, 0.15) is 17.4 Å². The summed E-state index contributed by atoms with van der Waals surface area (Å²) in [6, 6.07) is 6.30. The van der Waals surface area contributed by atoms with E-state index in [1.807, 2.05) is 13.0 Å². The van der Waals surface area contributed by atoms with E-state index in [1.54, 1.807) is 0 Å². The van der Waals surface area contributed by atoms with E-state index in [2.05, 4.69) is 39.8 Å². The SMILES string of the molecule is CCC(O)c1cc2cc(C(C)(C)C)cc(C)c2o1. The molecule has 1 aromatic heterocycles. The zero-order chi connectivity index (χ0) is 13.5. The number of hydrogen-bond donors (Lipinski definition) is 1. The first kappa shape index (κ1) is 13.2. The molecule has 2 heteroatoms. The fraction of sp³-hybridized carbons (Fsp3) is 0.500. The highest BCUT2D eigenvalue weighted by Crippen LogP contribution is 2.32. The molecule has 0 radical (unpaired) electrons. The number of aliphatic hydroxyl groups excluding tert-OH is 1. The van der Waals surface area contributed by atoms with Crippen LogP contribution in [0.2, 0.25) is 0 Å². The highest BCUT2D eigenvalue weighted by molar-refractivity contribution is 5.82. The molecule has 18 heavy (non-hydrogen) atoms. The zero-order valence-corrected chi connectivity index (χ0v) is 11.9. The lowest BCUT2D eigenvalue weighted by Gasteiger charge is -2.19. The van der Waals surface area contributed by atoms with Crippen molar-refractivity contribution < 1.29 is 9.52 Å². The van der Waals surface area contributed by atoms with Crippen LogP contribution in [0.25, 0.3) is 11.0 Å². The van der Waals surface area contributed by atoms with E-state index in [0.717, 1.165) is 16.5 Å². The molecule has 2 rings (SSSR count). The Morgan fingerprint density at radius 3 is 2.44 bits per heavy atom. The first-order chi connectivity index (χ1) is 8.32. The van der Waals surface area contributed by atoms with Crippen LogP contribution in [0.5, 0.6) is 0 Å². The Balaban J connectivity index is 2.59. The quantitative estimate of drug-likeness (QED) is 0.847. The highest BCUT2D eigenvalue weighted by Gasteiger charge is 2.18. The van der Waals surface area contributed by atoms with Gasteiger partial charge in [-0.1, -0.05) is 33.8 Å². The second kappa shape index (κ2) is 4.43. The van der Waals surface area contributed by atoms with Crippen LogP contribution in [0.1, 0.15) is 57.1 Å². The maximum atomic E-state index is 9.86. The Kier molecular flexibility index (Phi) is 3.24. The molecule has 0 bridgehead atoms. The lowest BCUT2D eigenvalue weighted by Crippen LogP contribution is -2.10. The number of aliphatic hydroxyl groups is 1. The number of aryl methyl sites for hydroxylation is 1. The fourth-order valence-electron chi connectivity index (χ4n) is 2.15. The van der Waals surface area contributed by atoms with Crippen LogP contribution >= 0.6 is 0 Å². The molecule has 2 aromatic rings. The standard InChI is InChI=1S/C16H22O2/c1-6-13(17)14-9-11-8-12(16(3,4)5)7-10(2)15(11)18-14/h7-9,13,17H,6H2,1-5H3. The lowest BCUT2D eigenvalue weighted by atomic mass is 9.85. The van der Waals surface area contributed by atoms with Crippen molar-refractivity contribution in [3.63, 3.8) is 0 Å². The van der Waals surface area contributed by atoms with Crippen molar-refractivity contribution in [2.45, 2.75) is 52.6 Å². The van der Waals surface area contributed by atoms with Crippen molar-refractivity contribution in [1.82, 2.24) is 0 Å². The van der Waals surface area contributed by atoms with Crippen molar-refractivity contribution in [2.24, 2.45) is 0 Å². The smallest absolute Gasteiger partial charge is 0.137 e. The zero-order valence-electron chi connectivity index (χ0n) is 11.9. The van der Waals surface area contributed by atoms with Crippen molar-refractivity contribution >= 4 is 11.0 Å². The van der Waals surface area contributed by atoms with Gasteiger partial charge >= 0.3 is 0 Å². The monoisotopic (exact) mass is 246 g/mol. The average molecular weight is 246 g/mol. The largest absolute Gasteiger partial charge is 0.458 e. The molecule has 0 spiro atoms. The van der Waals surface area contributed by atoms with Crippen molar-refractivity contribution in [1.29, 1.82) is 0 Å². The molecule has 98 valence electrons. The van der Waals surface area contributed by atoms with Gasteiger partial charge in [-0.15, -0.1) is 0 Å². The van der Waals surface area contributed by atoms with E-state index in [9.17, 15) is 5.11 Å². The van der Waals surface area contributed by atoms with Gasteiger partial charge in [-0.25, -0.2) is 0 Å². The van der Waals surface area contributed by atoms with Crippen LogP contribution in [0.4, 0.5) is 0 Å². The molecule has 0 saturated carbocycles. The summed E-state index contributed by atoms with van der Waals surface area (Å²) >= 11 is 0. The molecule has 0 aliphatic rings. The van der Waals surface area contributed by atoms with Gasteiger partial charge in [0.05, 0.1) is 0 Å². The number of furan rings is 1. The topological polar surface area (TPSA) is 33.4 Å². The molecule has 0 aliphatic heterocycles. The summed E-state index contributed by atoms with van der Waals surface area (Å²) in [5.41, 5.74) is 3.45. The maximum absolute atomic E-state index is 9.86. The van der Waals surface area contributed by atoms with Crippen LogP contribution in [-0.2, 0) is 5.41 Å². The van der Waals surface area contributed by atoms with E-state index in [1.165, 1.54) is 5.56 Å². The highest BCUT2D eigenvalue weighted by atomic mass is 16.4. The van der Waals surface area contributed by atoms with Crippen LogP contribution in [0.3, 0.4) is 0 Å². The Hall–Kier alpha value is -1.28. The number of rotatable bonds is 2. The van der Waals surface area contributed by atoms with Gasteiger partial charge in [-0.3, -0.25) is 0 Å². The number of hydrogen-bond acceptors (Lipinski definition) is 2. The molecular weight excluding hydrogens is 224 g/mol. The minimum absolute atomic E-state index is 0.125. The van der Waals surface area contributed by atoms with Gasteiger partial charge in [-0.05, 0) is 42.0 Å². The molecule has 0 saturated heterocycles. The lowest BCUT2D eigenvalue weighted by molar-refractivity contribution is 0.148. The summed E-state index contributed by atoms with van der Waals surface area (Å²) in [5.74, 6) is 0.668. The molecular formula is C16H22O2. The Labute approximate surface area is 109 Å². The third kappa shape index (κ3) is 2.30. The molecule has 1 unspecified atom stereocenters. The number of benzene rings is 1. The van der Waals surface area contributed by atoms with Gasteiger partial charge in [0.15, 0.2) is 0 Å². The molecule has 1 atom stereocenters. The first-order valence-corrected chi connectivity index (χ1v) is 6.55. The van der Waals surface area contributed by atoms with Gasteiger partial charge in [-0.2, -0.15) is 0 Å². The molecule has 1 heterocycles. The predicted octanol–water partition coefficient (Wildman–Crippen LogP) is 4.48. The summed E-state index contributed by atoms with van der Waals surface area (Å²) < 4.78 is 5.77. The normalized spacial score (nSPS) is 14.1. The van der Waals surface area contributed by atoms with Gasteiger partial charge in [0.25, 0.3) is 0 Å². The number of fused-ring (bicyclic) bond motifs is 1. The van der Waals surface area contributed by atoms with E-state index in [-0.39, 0.29) is 5.41 Å². The molecule has 0 aliphatic carbocycles. The first-order valence-electron chi connectivity index (χ1n) is 6.55. The predicted molar refractivity (Wildman–Crippen MR) is 74.9 cm³/mol.